The molecule has 2 aromatic rings. The minimum Gasteiger partial charge on any atom is -0.477 e. The molecule has 1 aromatic carbocycles. The van der Waals surface area contributed by atoms with Crippen LogP contribution >= 0.6 is 34.9 Å². The molecular formula is C15H16ClN3O4S2. The van der Waals surface area contributed by atoms with Gasteiger partial charge in [0.25, 0.3) is 0 Å². The van der Waals surface area contributed by atoms with E-state index >= 15 is 0 Å². The monoisotopic (exact) mass is 401 g/mol. The first kappa shape index (κ1) is 19.5. The Kier molecular flexibility index (Phi) is 7.06. The van der Waals surface area contributed by atoms with Gasteiger partial charge in [0.15, 0.2) is 0 Å². The smallest absolute Gasteiger partial charge is 0.341 e. The van der Waals surface area contributed by atoms with Gasteiger partial charge in [-0.1, -0.05) is 35.5 Å². The van der Waals surface area contributed by atoms with Crippen molar-refractivity contribution in [1.29, 1.82) is 0 Å². The molecule has 2 amide bonds. The molecule has 2 rings (SSSR count). The van der Waals surface area contributed by atoms with Crippen molar-refractivity contribution in [1.82, 2.24) is 9.69 Å². The largest absolute Gasteiger partial charge is 0.477 e. The second-order valence-electron chi connectivity index (χ2n) is 5.10. The summed E-state index contributed by atoms with van der Waals surface area (Å²) in [6.45, 7) is 1.59. The molecule has 1 aromatic heterocycles. The summed E-state index contributed by atoms with van der Waals surface area (Å²) in [6.07, 6.45) is -0.698. The molecule has 0 fully saturated rings. The molecule has 0 aliphatic carbocycles. The number of aliphatic hydroxyl groups excluding tert-OH is 1. The van der Waals surface area contributed by atoms with E-state index in [4.69, 9.17) is 16.7 Å². The highest BCUT2D eigenvalue weighted by Crippen LogP contribution is 2.33. The van der Waals surface area contributed by atoms with Crippen LogP contribution in [0.1, 0.15) is 22.8 Å². The quantitative estimate of drug-likeness (QED) is 0.530. The van der Waals surface area contributed by atoms with Crippen LogP contribution in [0.5, 0.6) is 0 Å². The maximum atomic E-state index is 11.7. The van der Waals surface area contributed by atoms with Crippen molar-refractivity contribution in [2.75, 3.05) is 11.9 Å². The lowest BCUT2D eigenvalue weighted by Crippen LogP contribution is -2.34. The van der Waals surface area contributed by atoms with Crippen molar-refractivity contribution < 1.29 is 19.8 Å². The van der Waals surface area contributed by atoms with Gasteiger partial charge in [0.1, 0.15) is 15.6 Å². The van der Waals surface area contributed by atoms with Gasteiger partial charge < -0.3 is 15.5 Å². The number of amides is 2. The average Bonchev–Trinajstić information content (AvgIpc) is 2.95. The zero-order chi connectivity index (χ0) is 18.4. The molecular weight excluding hydrogens is 386 g/mol. The first-order valence-corrected chi connectivity index (χ1v) is 9.33. The van der Waals surface area contributed by atoms with Gasteiger partial charge in [-0.25, -0.2) is 9.59 Å². The van der Waals surface area contributed by atoms with E-state index in [0.29, 0.717) is 15.8 Å². The van der Waals surface area contributed by atoms with Crippen LogP contribution in [-0.2, 0) is 5.75 Å². The fourth-order valence-corrected chi connectivity index (χ4v) is 3.79. The Hall–Kier alpha value is -1.81. The molecule has 10 heteroatoms. The third kappa shape index (κ3) is 5.89. The highest BCUT2D eigenvalue weighted by Gasteiger charge is 2.22. The number of nitrogens with zero attached hydrogens (tertiary/aromatic N) is 1. The van der Waals surface area contributed by atoms with Gasteiger partial charge >= 0.3 is 12.0 Å². The summed E-state index contributed by atoms with van der Waals surface area (Å²) in [6, 6.07) is 6.63. The van der Waals surface area contributed by atoms with Crippen molar-refractivity contribution in [2.24, 2.45) is 0 Å². The van der Waals surface area contributed by atoms with E-state index in [1.165, 1.54) is 18.7 Å². The van der Waals surface area contributed by atoms with Gasteiger partial charge in [-0.3, -0.25) is 5.32 Å². The SMILES string of the molecule is CC(O)CNC(=O)Nc1snc(SCc2ccc(Cl)cc2)c1C(=O)O. The zero-order valence-corrected chi connectivity index (χ0v) is 15.5. The van der Waals surface area contributed by atoms with Gasteiger partial charge in [-0.05, 0) is 36.2 Å². The Morgan fingerprint density at radius 3 is 2.64 bits per heavy atom. The molecule has 25 heavy (non-hydrogen) atoms. The van der Waals surface area contributed by atoms with Crippen LogP contribution in [0.4, 0.5) is 9.80 Å². The van der Waals surface area contributed by atoms with Crippen LogP contribution in [-0.4, -0.2) is 39.2 Å². The topological polar surface area (TPSA) is 112 Å². The number of carboxylic acid groups (broad SMARTS) is 1. The molecule has 1 unspecified atom stereocenters. The van der Waals surface area contributed by atoms with Gasteiger partial charge in [0, 0.05) is 17.3 Å². The number of hydrogen-bond acceptors (Lipinski definition) is 6. The number of aromatic nitrogens is 1. The molecule has 0 radical (unpaired) electrons. The maximum absolute atomic E-state index is 11.7. The summed E-state index contributed by atoms with van der Waals surface area (Å²) in [5.74, 6) is -0.646. The number of hydrogen-bond donors (Lipinski definition) is 4. The van der Waals surface area contributed by atoms with Crippen LogP contribution in [0.3, 0.4) is 0 Å². The number of halogens is 1. The summed E-state index contributed by atoms with van der Waals surface area (Å²) >= 11 is 8.00. The molecule has 0 spiro atoms. The van der Waals surface area contributed by atoms with Gasteiger partial charge in [0.05, 0.1) is 6.10 Å². The number of rotatable bonds is 7. The van der Waals surface area contributed by atoms with Crippen molar-refractivity contribution in [3.8, 4) is 0 Å². The minimum absolute atomic E-state index is 0.0452. The van der Waals surface area contributed by atoms with Gasteiger partial charge in [0.2, 0.25) is 0 Å². The Morgan fingerprint density at radius 2 is 2.04 bits per heavy atom. The van der Waals surface area contributed by atoms with Gasteiger partial charge in [-0.15, -0.1) is 0 Å². The van der Waals surface area contributed by atoms with Crippen LogP contribution in [0.2, 0.25) is 5.02 Å². The Labute approximate surface area is 157 Å². The number of urea groups is 1. The zero-order valence-electron chi connectivity index (χ0n) is 13.2. The second-order valence-corrected chi connectivity index (χ2v) is 7.27. The first-order chi connectivity index (χ1) is 11.9. The third-order valence-corrected chi connectivity index (χ3v) is 5.13. The van der Waals surface area contributed by atoms with E-state index in [1.54, 1.807) is 12.1 Å². The van der Waals surface area contributed by atoms with Crippen molar-refractivity contribution >= 4 is 51.9 Å². The van der Waals surface area contributed by atoms with Gasteiger partial charge in [-0.2, -0.15) is 4.37 Å². The van der Waals surface area contributed by atoms with Crippen LogP contribution in [0, 0.1) is 0 Å². The lowest BCUT2D eigenvalue weighted by atomic mass is 10.2. The number of aliphatic hydroxyl groups is 1. The number of aromatic carboxylic acids is 1. The van der Waals surface area contributed by atoms with E-state index in [1.807, 2.05) is 12.1 Å². The number of carbonyl (C=O) groups excluding carboxylic acids is 1. The van der Waals surface area contributed by atoms with E-state index in [-0.39, 0.29) is 17.1 Å². The Balaban J connectivity index is 2.06. The first-order valence-electron chi connectivity index (χ1n) is 7.20. The van der Waals surface area contributed by atoms with E-state index in [2.05, 4.69) is 15.0 Å². The predicted octanol–water partition coefficient (Wildman–Crippen LogP) is 3.29. The van der Waals surface area contributed by atoms with Crippen molar-refractivity contribution in [3.63, 3.8) is 0 Å². The predicted molar refractivity (Wildman–Crippen MR) is 98.8 cm³/mol. The lowest BCUT2D eigenvalue weighted by Gasteiger charge is -2.08. The number of carboxylic acids is 1. The molecule has 1 atom stereocenters. The molecule has 0 saturated heterocycles. The van der Waals surface area contributed by atoms with Crippen LogP contribution in [0.25, 0.3) is 0 Å². The van der Waals surface area contributed by atoms with E-state index in [0.717, 1.165) is 17.1 Å². The average molecular weight is 402 g/mol. The minimum atomic E-state index is -1.17. The standard InChI is InChI=1S/C15H16ClN3O4S2/c1-8(20)6-17-15(23)18-12-11(14(21)22)13(19-25-12)24-7-9-2-4-10(16)5-3-9/h2-5,8,20H,6-7H2,1H3,(H,21,22)(H2,17,18,23). The number of nitrogens with one attached hydrogen (secondary N) is 2. The van der Waals surface area contributed by atoms with E-state index < -0.39 is 18.1 Å². The molecule has 134 valence electrons. The molecule has 0 bridgehead atoms. The number of anilines is 1. The lowest BCUT2D eigenvalue weighted by molar-refractivity contribution is 0.0694. The molecule has 0 saturated carbocycles. The molecule has 0 aliphatic rings. The number of carbonyl (C=O) groups is 2. The van der Waals surface area contributed by atoms with Crippen molar-refractivity contribution in [3.05, 3.63) is 40.4 Å². The summed E-state index contributed by atoms with van der Waals surface area (Å²) in [7, 11) is 0. The molecule has 7 nitrogen and oxygen atoms in total. The third-order valence-electron chi connectivity index (χ3n) is 2.95. The summed E-state index contributed by atoms with van der Waals surface area (Å²) in [5, 5.41) is 24.6. The molecule has 1 heterocycles. The highest BCUT2D eigenvalue weighted by molar-refractivity contribution is 7.98. The highest BCUT2D eigenvalue weighted by atomic mass is 35.5. The number of thioether (sulfide) groups is 1. The fourth-order valence-electron chi connectivity index (χ4n) is 1.77. The summed E-state index contributed by atoms with van der Waals surface area (Å²) < 4.78 is 4.12. The number of benzene rings is 1. The van der Waals surface area contributed by atoms with Crippen LogP contribution < -0.4 is 10.6 Å². The Bertz CT molecular complexity index is 750. The maximum Gasteiger partial charge on any atom is 0.341 e. The van der Waals surface area contributed by atoms with E-state index in [9.17, 15) is 14.7 Å². The summed E-state index contributed by atoms with van der Waals surface area (Å²) in [5.41, 5.74) is 0.930. The van der Waals surface area contributed by atoms with Crippen molar-refractivity contribution in [2.45, 2.75) is 23.8 Å². The van der Waals surface area contributed by atoms with Crippen LogP contribution in [0.15, 0.2) is 29.3 Å². The second kappa shape index (κ2) is 9.04. The normalized spacial score (nSPS) is 11.8. The molecule has 0 aliphatic heterocycles. The molecule has 4 N–H and O–H groups in total. The Morgan fingerprint density at radius 1 is 1.36 bits per heavy atom. The fraction of sp³-hybridized carbons (Fsp3) is 0.267. The summed E-state index contributed by atoms with van der Waals surface area (Å²) in [4.78, 5) is 23.3.